The molecule has 0 radical (unpaired) electrons. The van der Waals surface area contributed by atoms with Crippen LogP contribution in [0.4, 0.5) is 5.69 Å². The maximum absolute atomic E-state index is 15.1. The van der Waals surface area contributed by atoms with Gasteiger partial charge in [0.05, 0.1) is 30.6 Å². The molecule has 6 atom stereocenters. The number of aliphatic hydroxyl groups is 1. The Morgan fingerprint density at radius 1 is 0.979 bits per heavy atom. The van der Waals surface area contributed by atoms with Crippen LogP contribution in [0.25, 0.3) is 0 Å². The largest absolute Gasteiger partial charge is 0.394 e. The summed E-state index contributed by atoms with van der Waals surface area (Å²) in [4.78, 5) is 49.6. The molecule has 48 heavy (non-hydrogen) atoms. The van der Waals surface area contributed by atoms with Gasteiger partial charge in [0.25, 0.3) is 5.91 Å². The molecule has 3 fully saturated rings. The van der Waals surface area contributed by atoms with E-state index in [4.69, 9.17) is 4.74 Å². The number of hydrogen-bond acceptors (Lipinski definition) is 5. The summed E-state index contributed by atoms with van der Waals surface area (Å²) in [7, 11) is 0. The van der Waals surface area contributed by atoms with E-state index in [1.807, 2.05) is 92.7 Å². The van der Waals surface area contributed by atoms with Gasteiger partial charge in [-0.1, -0.05) is 84.9 Å². The van der Waals surface area contributed by atoms with Crippen LogP contribution in [0.1, 0.15) is 35.1 Å². The average Bonchev–Trinajstić information content (AvgIpc) is 3.75. The number of carbonyl (C=O) groups is 3. The normalized spacial score (nSPS) is 24.6. The van der Waals surface area contributed by atoms with Gasteiger partial charge in [-0.2, -0.15) is 0 Å². The molecule has 3 amide bonds. The van der Waals surface area contributed by atoms with E-state index < -0.39 is 35.6 Å². The zero-order chi connectivity index (χ0) is 34.0. The molecule has 3 aliphatic rings. The predicted molar refractivity (Wildman–Crippen MR) is 186 cm³/mol. The molecule has 2 unspecified atom stereocenters. The molecule has 8 heteroatoms. The Balaban J connectivity index is 1.44. The monoisotopic (exact) mass is 647 g/mol. The van der Waals surface area contributed by atoms with Crippen LogP contribution < -0.4 is 4.90 Å². The third-order valence-electron chi connectivity index (χ3n) is 10.3. The van der Waals surface area contributed by atoms with Crippen LogP contribution in [0, 0.1) is 25.7 Å². The van der Waals surface area contributed by atoms with E-state index in [2.05, 4.69) is 13.2 Å². The summed E-state index contributed by atoms with van der Waals surface area (Å²) < 4.78 is 6.80. The number of nitrogens with zero attached hydrogens (tertiary/aromatic N) is 3. The molecule has 3 heterocycles. The van der Waals surface area contributed by atoms with E-state index in [1.54, 1.807) is 26.9 Å². The smallest absolute Gasteiger partial charge is 0.253 e. The van der Waals surface area contributed by atoms with Gasteiger partial charge < -0.3 is 24.5 Å². The zero-order valence-electron chi connectivity index (χ0n) is 27.8. The highest BCUT2D eigenvalue weighted by molar-refractivity contribution is 6.05. The lowest BCUT2D eigenvalue weighted by molar-refractivity contribution is -0.147. The van der Waals surface area contributed by atoms with E-state index in [9.17, 15) is 14.7 Å². The molecule has 0 aromatic heterocycles. The molecule has 250 valence electrons. The van der Waals surface area contributed by atoms with Gasteiger partial charge >= 0.3 is 0 Å². The van der Waals surface area contributed by atoms with Gasteiger partial charge in [-0.25, -0.2) is 0 Å². The number of likely N-dealkylation sites (tertiary alicyclic amines) is 1. The van der Waals surface area contributed by atoms with Crippen molar-refractivity contribution >= 4 is 23.4 Å². The van der Waals surface area contributed by atoms with E-state index in [0.717, 1.165) is 27.9 Å². The highest BCUT2D eigenvalue weighted by atomic mass is 16.5. The molecule has 3 aromatic carbocycles. The first-order chi connectivity index (χ1) is 23.2. The quantitative estimate of drug-likeness (QED) is 0.264. The first-order valence-corrected chi connectivity index (χ1v) is 16.8. The minimum Gasteiger partial charge on any atom is -0.394 e. The van der Waals surface area contributed by atoms with Crippen molar-refractivity contribution in [1.29, 1.82) is 0 Å². The van der Waals surface area contributed by atoms with Gasteiger partial charge in [0.15, 0.2) is 0 Å². The Morgan fingerprint density at radius 3 is 2.29 bits per heavy atom. The predicted octanol–water partition coefficient (Wildman–Crippen LogP) is 5.02. The van der Waals surface area contributed by atoms with Gasteiger partial charge in [-0.3, -0.25) is 14.4 Å². The number of ether oxygens (including phenoxy) is 1. The number of hydrogen-bond donors (Lipinski definition) is 1. The number of aryl methyl sites for hydroxylation is 2. The van der Waals surface area contributed by atoms with Crippen molar-refractivity contribution < 1.29 is 24.2 Å². The van der Waals surface area contributed by atoms with Gasteiger partial charge in [0.1, 0.15) is 11.6 Å². The molecule has 0 aliphatic carbocycles. The first-order valence-electron chi connectivity index (χ1n) is 16.8. The molecule has 0 saturated carbocycles. The third kappa shape index (κ3) is 5.88. The second-order valence-electron chi connectivity index (χ2n) is 13.3. The lowest BCUT2D eigenvalue weighted by Crippen LogP contribution is -2.59. The van der Waals surface area contributed by atoms with Crippen LogP contribution in [0.5, 0.6) is 0 Å². The second-order valence-corrected chi connectivity index (χ2v) is 13.3. The Morgan fingerprint density at radius 2 is 1.65 bits per heavy atom. The van der Waals surface area contributed by atoms with Crippen LogP contribution >= 0.6 is 0 Å². The van der Waals surface area contributed by atoms with E-state index in [1.165, 1.54) is 0 Å². The van der Waals surface area contributed by atoms with Crippen molar-refractivity contribution in [2.24, 2.45) is 11.8 Å². The third-order valence-corrected chi connectivity index (χ3v) is 10.3. The number of amides is 3. The molecular weight excluding hydrogens is 602 g/mol. The SMILES string of the molecule is C=CCN(Cc1ccccc1)C(=O)[C@@H]1[C@@H]2CCC3(O2)C(C(=O)N(CC=C)c2cc(C)ccc2C)N([C@@H](CO)Cc2ccccc2)C(=O)[C@H]13. The number of benzene rings is 3. The van der Waals surface area contributed by atoms with Crippen LogP contribution in [-0.4, -0.2) is 76.1 Å². The van der Waals surface area contributed by atoms with Crippen molar-refractivity contribution in [2.45, 2.75) is 63.4 Å². The topological polar surface area (TPSA) is 90.4 Å². The summed E-state index contributed by atoms with van der Waals surface area (Å²) in [5.74, 6) is -2.43. The molecule has 2 bridgehead atoms. The number of anilines is 1. The first kappa shape index (κ1) is 33.4. The average molecular weight is 648 g/mol. The van der Waals surface area contributed by atoms with Gasteiger partial charge in [-0.05, 0) is 61.4 Å². The zero-order valence-corrected chi connectivity index (χ0v) is 27.8. The number of fused-ring (bicyclic) bond motifs is 1. The van der Waals surface area contributed by atoms with E-state index in [0.29, 0.717) is 32.4 Å². The van der Waals surface area contributed by atoms with Crippen molar-refractivity contribution in [3.8, 4) is 0 Å². The van der Waals surface area contributed by atoms with Crippen LogP contribution in [0.15, 0.2) is 104 Å². The van der Waals surface area contributed by atoms with Crippen LogP contribution in [0.2, 0.25) is 0 Å². The van der Waals surface area contributed by atoms with Gasteiger partial charge in [0, 0.05) is 25.3 Å². The summed E-state index contributed by atoms with van der Waals surface area (Å²) in [6, 6.07) is 23.6. The lowest BCUT2D eigenvalue weighted by atomic mass is 9.70. The van der Waals surface area contributed by atoms with Crippen LogP contribution in [0.3, 0.4) is 0 Å². The highest BCUT2D eigenvalue weighted by Gasteiger charge is 2.75. The summed E-state index contributed by atoms with van der Waals surface area (Å²) in [5, 5.41) is 10.9. The van der Waals surface area contributed by atoms with Crippen molar-refractivity contribution in [3.63, 3.8) is 0 Å². The van der Waals surface area contributed by atoms with Crippen LogP contribution in [-0.2, 0) is 32.1 Å². The summed E-state index contributed by atoms with van der Waals surface area (Å²) in [6.07, 6.45) is 4.24. The Labute approximate surface area is 283 Å². The molecule has 1 N–H and O–H groups in total. The molecule has 3 saturated heterocycles. The summed E-state index contributed by atoms with van der Waals surface area (Å²) in [5.41, 5.74) is 3.32. The Hall–Kier alpha value is -4.53. The summed E-state index contributed by atoms with van der Waals surface area (Å²) in [6.45, 7) is 12.3. The fourth-order valence-electron chi connectivity index (χ4n) is 8.18. The van der Waals surface area contributed by atoms with Gasteiger partial charge in [0.2, 0.25) is 11.8 Å². The number of carbonyl (C=O) groups excluding carboxylic acids is 3. The molecule has 6 rings (SSSR count). The van der Waals surface area contributed by atoms with Gasteiger partial charge in [-0.15, -0.1) is 13.2 Å². The molecule has 1 spiro atoms. The van der Waals surface area contributed by atoms with Crippen molar-refractivity contribution in [1.82, 2.24) is 9.80 Å². The highest BCUT2D eigenvalue weighted by Crippen LogP contribution is 2.59. The molecule has 3 aliphatic heterocycles. The Bertz CT molecular complexity index is 1680. The molecule has 3 aromatic rings. The Kier molecular flexibility index (Phi) is 9.67. The number of aliphatic hydroxyl groups excluding tert-OH is 1. The maximum atomic E-state index is 15.1. The molecular formula is C40H45N3O5. The number of rotatable bonds is 13. The van der Waals surface area contributed by atoms with Crippen molar-refractivity contribution in [3.05, 3.63) is 126 Å². The fraction of sp³-hybridized carbons (Fsp3) is 0.375. The summed E-state index contributed by atoms with van der Waals surface area (Å²) >= 11 is 0. The maximum Gasteiger partial charge on any atom is 0.253 e. The standard InChI is InChI=1S/C40H45N3O5/c1-5-21-41(25-30-15-11-8-12-16-30)37(45)34-33-19-20-40(48-33)35(34)38(46)43(31(26-44)24-29-13-9-7-10-14-29)36(40)39(47)42(22-6-2)32-23-27(3)17-18-28(32)4/h5-18,23,31,33-36,44H,1-2,19-22,24-26H2,3-4H3/t31-,33+,34-,35+,36?,40?/m1/s1. The van der Waals surface area contributed by atoms with E-state index >= 15 is 4.79 Å². The fourth-order valence-corrected chi connectivity index (χ4v) is 8.18. The second kappa shape index (κ2) is 13.9. The molecule has 8 nitrogen and oxygen atoms in total. The lowest BCUT2D eigenvalue weighted by Gasteiger charge is -2.39. The van der Waals surface area contributed by atoms with E-state index in [-0.39, 0.29) is 30.9 Å². The minimum absolute atomic E-state index is 0.183. The minimum atomic E-state index is -1.22. The van der Waals surface area contributed by atoms with Crippen molar-refractivity contribution in [2.75, 3.05) is 24.6 Å².